The molecule has 0 spiro atoms. The molecule has 0 atom stereocenters. The third kappa shape index (κ3) is 11.0. The van der Waals surface area contributed by atoms with E-state index < -0.39 is 0 Å². The average Bonchev–Trinajstić information content (AvgIpc) is 2.90. The van der Waals surface area contributed by atoms with Crippen LogP contribution in [0.15, 0.2) is 42.5 Å². The van der Waals surface area contributed by atoms with Crippen molar-refractivity contribution in [3.8, 4) is 11.5 Å². The topological polar surface area (TPSA) is 59.0 Å². The first-order chi connectivity index (χ1) is 17.6. The molecule has 0 aliphatic carbocycles. The number of methoxy groups -OCH3 is 1. The monoisotopic (exact) mass is 497 g/mol. The molecule has 2 aromatic carbocycles. The number of ether oxygens (including phenoxy) is 2. The first kappa shape index (κ1) is 29.7. The third-order valence-electron chi connectivity index (χ3n) is 6.64. The normalized spacial score (nSPS) is 10.9. The summed E-state index contributed by atoms with van der Waals surface area (Å²) in [6.07, 6.45) is 15.8. The molecule has 0 saturated carbocycles. The lowest BCUT2D eigenvalue weighted by Gasteiger charge is -2.23. The Bertz CT molecular complexity index is 883. The smallest absolute Gasteiger partial charge is 0.224 e. The van der Waals surface area contributed by atoms with Gasteiger partial charge < -0.3 is 19.5 Å². The predicted octanol–water partition coefficient (Wildman–Crippen LogP) is 7.82. The quantitative estimate of drug-likeness (QED) is 0.201. The second kappa shape index (κ2) is 17.8. The molecule has 0 aliphatic heterocycles. The number of anilines is 1. The molecular weight excluding hydrogens is 450 g/mol. The number of benzene rings is 2. The number of amides is 1. The minimum absolute atomic E-state index is 0.0633. The van der Waals surface area contributed by atoms with Crippen LogP contribution >= 0.6 is 0 Å². The molecular formula is C31H47NO4. The Morgan fingerprint density at radius 2 is 1.50 bits per heavy atom. The first-order valence-electron chi connectivity index (χ1n) is 13.9. The maximum Gasteiger partial charge on any atom is 0.224 e. The van der Waals surface area contributed by atoms with Gasteiger partial charge >= 0.3 is 0 Å². The Morgan fingerprint density at radius 1 is 0.861 bits per heavy atom. The average molecular weight is 498 g/mol. The lowest BCUT2D eigenvalue weighted by atomic mass is 10.1. The lowest BCUT2D eigenvalue weighted by molar-refractivity contribution is -0.116. The molecule has 0 fully saturated rings. The Hall–Kier alpha value is -2.53. The molecule has 200 valence electrons. The highest BCUT2D eigenvalue weighted by Gasteiger charge is 2.16. The Balaban J connectivity index is 1.81. The number of rotatable bonds is 19. The van der Waals surface area contributed by atoms with Crippen LogP contribution in [0.25, 0.3) is 0 Å². The molecule has 1 N–H and O–H groups in total. The molecule has 0 saturated heterocycles. The van der Waals surface area contributed by atoms with Gasteiger partial charge in [-0.25, -0.2) is 0 Å². The van der Waals surface area contributed by atoms with Crippen molar-refractivity contribution in [3.05, 3.63) is 53.6 Å². The van der Waals surface area contributed by atoms with Crippen LogP contribution in [-0.4, -0.2) is 24.7 Å². The fourth-order valence-corrected chi connectivity index (χ4v) is 4.45. The van der Waals surface area contributed by atoms with E-state index in [0.29, 0.717) is 13.2 Å². The largest absolute Gasteiger partial charge is 0.497 e. The number of unbranched alkanes of at least 4 members (excludes halogenated alkanes) is 11. The van der Waals surface area contributed by atoms with Crippen molar-refractivity contribution in [2.24, 2.45) is 0 Å². The van der Waals surface area contributed by atoms with Crippen molar-refractivity contribution >= 4 is 11.6 Å². The van der Waals surface area contributed by atoms with E-state index in [-0.39, 0.29) is 12.5 Å². The summed E-state index contributed by atoms with van der Waals surface area (Å²) in [5.74, 6) is 1.44. The summed E-state index contributed by atoms with van der Waals surface area (Å²) in [5.41, 5.74) is 2.43. The maximum atomic E-state index is 12.5. The van der Waals surface area contributed by atoms with Gasteiger partial charge in [-0.1, -0.05) is 89.7 Å². The number of nitrogens with zero attached hydrogens (tertiary/aromatic N) is 1. The van der Waals surface area contributed by atoms with Crippen molar-refractivity contribution in [1.29, 1.82) is 0 Å². The number of carbonyl (C=O) groups excluding carboxylic acids is 1. The molecule has 1 amide bonds. The minimum Gasteiger partial charge on any atom is -0.497 e. The van der Waals surface area contributed by atoms with E-state index in [4.69, 9.17) is 9.47 Å². The van der Waals surface area contributed by atoms with Crippen LogP contribution in [0.3, 0.4) is 0 Å². The third-order valence-corrected chi connectivity index (χ3v) is 6.64. The summed E-state index contributed by atoms with van der Waals surface area (Å²) in [6, 6.07) is 13.2. The summed E-state index contributed by atoms with van der Waals surface area (Å²) in [4.78, 5) is 14.2. The van der Waals surface area contributed by atoms with Gasteiger partial charge in [0.05, 0.1) is 26.9 Å². The van der Waals surface area contributed by atoms with Crippen LogP contribution in [0.4, 0.5) is 5.69 Å². The second-order valence-corrected chi connectivity index (χ2v) is 9.64. The van der Waals surface area contributed by atoms with E-state index in [1.807, 2.05) is 42.5 Å². The van der Waals surface area contributed by atoms with Crippen LogP contribution in [0.2, 0.25) is 0 Å². The Labute approximate surface area is 218 Å². The molecule has 5 nitrogen and oxygen atoms in total. The molecule has 0 radical (unpaired) electrons. The zero-order valence-corrected chi connectivity index (χ0v) is 22.8. The van der Waals surface area contributed by atoms with Gasteiger partial charge in [-0.3, -0.25) is 4.79 Å². The van der Waals surface area contributed by atoms with Gasteiger partial charge in [-0.2, -0.15) is 0 Å². The summed E-state index contributed by atoms with van der Waals surface area (Å²) in [6.45, 7) is 4.79. The van der Waals surface area contributed by atoms with Gasteiger partial charge in [0.1, 0.15) is 11.5 Å². The highest BCUT2D eigenvalue weighted by atomic mass is 16.5. The molecule has 0 aromatic heterocycles. The molecule has 2 rings (SSSR count). The zero-order chi connectivity index (χ0) is 26.0. The molecule has 0 unspecified atom stereocenters. The molecule has 0 heterocycles. The van der Waals surface area contributed by atoms with Crippen LogP contribution < -0.4 is 14.4 Å². The highest BCUT2D eigenvalue weighted by Crippen LogP contribution is 2.28. The Morgan fingerprint density at radius 3 is 2.08 bits per heavy atom. The van der Waals surface area contributed by atoms with Gasteiger partial charge in [0.25, 0.3) is 0 Å². The van der Waals surface area contributed by atoms with Gasteiger partial charge in [0.2, 0.25) is 5.91 Å². The standard InChI is InChI=1S/C31H47NO4/c1-4-5-6-7-8-9-10-11-12-13-14-15-21-36-31-20-19-30(35-3)23-28(31)24-32(26(2)34)29-18-16-17-27(22-29)25-33/h16-20,22-23,33H,4-15,21,24-25H2,1-3H3. The van der Waals surface area contributed by atoms with Gasteiger partial charge in [-0.15, -0.1) is 0 Å². The number of hydrogen-bond acceptors (Lipinski definition) is 4. The van der Waals surface area contributed by atoms with Crippen LogP contribution in [0.1, 0.15) is 102 Å². The van der Waals surface area contributed by atoms with Gasteiger partial charge in [0.15, 0.2) is 0 Å². The molecule has 2 aromatic rings. The molecule has 36 heavy (non-hydrogen) atoms. The van der Waals surface area contributed by atoms with E-state index in [9.17, 15) is 9.90 Å². The number of aliphatic hydroxyl groups is 1. The predicted molar refractivity (Wildman–Crippen MR) is 149 cm³/mol. The zero-order valence-electron chi connectivity index (χ0n) is 22.8. The van der Waals surface area contributed by atoms with Gasteiger partial charge in [0, 0.05) is 18.2 Å². The van der Waals surface area contributed by atoms with Crippen LogP contribution in [-0.2, 0) is 17.9 Å². The van der Waals surface area contributed by atoms with Crippen LogP contribution in [0, 0.1) is 0 Å². The van der Waals surface area contributed by atoms with Crippen molar-refractivity contribution in [2.45, 2.75) is 104 Å². The highest BCUT2D eigenvalue weighted by molar-refractivity contribution is 5.91. The number of hydrogen-bond donors (Lipinski definition) is 1. The molecule has 0 bridgehead atoms. The maximum absolute atomic E-state index is 12.5. The summed E-state index contributed by atoms with van der Waals surface area (Å²) >= 11 is 0. The summed E-state index contributed by atoms with van der Waals surface area (Å²) < 4.78 is 11.6. The SMILES string of the molecule is CCCCCCCCCCCCCCOc1ccc(OC)cc1CN(C(C)=O)c1cccc(CO)c1. The fourth-order valence-electron chi connectivity index (χ4n) is 4.45. The lowest BCUT2D eigenvalue weighted by Crippen LogP contribution is -2.28. The second-order valence-electron chi connectivity index (χ2n) is 9.64. The van der Waals surface area contributed by atoms with Crippen molar-refractivity contribution in [1.82, 2.24) is 0 Å². The van der Waals surface area contributed by atoms with Crippen molar-refractivity contribution in [2.75, 3.05) is 18.6 Å². The molecule has 0 aliphatic rings. The summed E-state index contributed by atoms with van der Waals surface area (Å²) in [5, 5.41) is 9.49. The molecule has 5 heteroatoms. The number of carbonyl (C=O) groups is 1. The van der Waals surface area contributed by atoms with E-state index >= 15 is 0 Å². The minimum atomic E-state index is -0.0696. The van der Waals surface area contributed by atoms with Crippen LogP contribution in [0.5, 0.6) is 11.5 Å². The fraction of sp³-hybridized carbons (Fsp3) is 0.581. The van der Waals surface area contributed by atoms with E-state index in [1.165, 1.54) is 70.6 Å². The first-order valence-corrected chi connectivity index (χ1v) is 13.9. The van der Waals surface area contributed by atoms with E-state index in [0.717, 1.165) is 34.7 Å². The van der Waals surface area contributed by atoms with E-state index in [2.05, 4.69) is 6.92 Å². The number of aliphatic hydroxyl groups excluding tert-OH is 1. The van der Waals surface area contributed by atoms with Crippen molar-refractivity contribution in [3.63, 3.8) is 0 Å². The summed E-state index contributed by atoms with van der Waals surface area (Å²) in [7, 11) is 1.64. The van der Waals surface area contributed by atoms with E-state index in [1.54, 1.807) is 18.9 Å². The Kier molecular flexibility index (Phi) is 14.7. The van der Waals surface area contributed by atoms with Crippen molar-refractivity contribution < 1.29 is 19.4 Å². The van der Waals surface area contributed by atoms with Gasteiger partial charge in [-0.05, 0) is 42.3 Å².